The lowest BCUT2D eigenvalue weighted by Crippen LogP contribution is -2.12. The van der Waals surface area contributed by atoms with Gasteiger partial charge in [-0.1, -0.05) is 11.8 Å². The minimum Gasteiger partial charge on any atom is -0.384 e. The molecule has 96 valence electrons. The number of amides is 1. The highest BCUT2D eigenvalue weighted by molar-refractivity contribution is 7.08. The maximum absolute atomic E-state index is 13.7. The summed E-state index contributed by atoms with van der Waals surface area (Å²) in [6, 6.07) is 5.90. The zero-order chi connectivity index (χ0) is 13.7. The van der Waals surface area contributed by atoms with Gasteiger partial charge in [0.15, 0.2) is 0 Å². The van der Waals surface area contributed by atoms with Gasteiger partial charge >= 0.3 is 0 Å². The van der Waals surface area contributed by atoms with E-state index in [0.717, 1.165) is 0 Å². The second kappa shape index (κ2) is 6.14. The molecule has 1 aromatic carbocycles. The second-order valence-electron chi connectivity index (χ2n) is 3.62. The number of aliphatic hydroxyl groups is 1. The van der Waals surface area contributed by atoms with E-state index in [1.807, 2.05) is 0 Å². The van der Waals surface area contributed by atoms with E-state index in [2.05, 4.69) is 17.2 Å². The number of hydrogen-bond donors (Lipinski definition) is 2. The van der Waals surface area contributed by atoms with Crippen molar-refractivity contribution in [2.45, 2.75) is 0 Å². The van der Waals surface area contributed by atoms with Gasteiger partial charge in [-0.15, -0.1) is 0 Å². The molecule has 1 heterocycles. The van der Waals surface area contributed by atoms with Crippen molar-refractivity contribution in [1.82, 2.24) is 0 Å². The van der Waals surface area contributed by atoms with Crippen LogP contribution in [0.1, 0.15) is 15.9 Å². The van der Waals surface area contributed by atoms with E-state index in [1.165, 1.54) is 23.5 Å². The van der Waals surface area contributed by atoms with Crippen LogP contribution in [0.2, 0.25) is 0 Å². The number of halogens is 1. The quantitative estimate of drug-likeness (QED) is 0.827. The van der Waals surface area contributed by atoms with Gasteiger partial charge in [-0.05, 0) is 29.6 Å². The fraction of sp³-hybridized carbons (Fsp3) is 0.0714. The van der Waals surface area contributed by atoms with E-state index in [-0.39, 0.29) is 18.2 Å². The van der Waals surface area contributed by atoms with Gasteiger partial charge in [-0.3, -0.25) is 4.79 Å². The normalized spacial score (nSPS) is 9.58. The lowest BCUT2D eigenvalue weighted by atomic mass is 10.2. The van der Waals surface area contributed by atoms with Gasteiger partial charge in [0.25, 0.3) is 5.91 Å². The monoisotopic (exact) mass is 275 g/mol. The molecule has 0 bridgehead atoms. The Morgan fingerprint density at radius 2 is 2.26 bits per heavy atom. The van der Waals surface area contributed by atoms with Gasteiger partial charge in [-0.25, -0.2) is 4.39 Å². The van der Waals surface area contributed by atoms with E-state index in [4.69, 9.17) is 5.11 Å². The van der Waals surface area contributed by atoms with Crippen molar-refractivity contribution >= 4 is 22.9 Å². The third kappa shape index (κ3) is 3.41. The standard InChI is InChI=1S/C14H10FNO2S/c15-12-8-10(2-1-6-17)3-4-13(12)16-14(18)11-5-7-19-9-11/h3-5,7-9,17H,6H2,(H,16,18). The van der Waals surface area contributed by atoms with Crippen molar-refractivity contribution in [1.29, 1.82) is 0 Å². The summed E-state index contributed by atoms with van der Waals surface area (Å²) in [6.07, 6.45) is 0. The Balaban J connectivity index is 2.15. The fourth-order valence-corrected chi connectivity index (χ4v) is 2.06. The molecule has 0 aliphatic rings. The molecule has 2 rings (SSSR count). The topological polar surface area (TPSA) is 49.3 Å². The second-order valence-corrected chi connectivity index (χ2v) is 4.40. The number of anilines is 1. The van der Waals surface area contributed by atoms with Crippen LogP contribution in [0.25, 0.3) is 0 Å². The number of hydrogen-bond acceptors (Lipinski definition) is 3. The molecule has 0 saturated heterocycles. The molecule has 0 spiro atoms. The lowest BCUT2D eigenvalue weighted by molar-refractivity contribution is 0.102. The number of nitrogens with one attached hydrogen (secondary N) is 1. The first-order chi connectivity index (χ1) is 9.20. The molecule has 0 aliphatic carbocycles. The average molecular weight is 275 g/mol. The summed E-state index contributed by atoms with van der Waals surface area (Å²) in [4.78, 5) is 11.8. The highest BCUT2D eigenvalue weighted by Crippen LogP contribution is 2.17. The number of carbonyl (C=O) groups excluding carboxylic acids is 1. The Bertz CT molecular complexity index is 641. The molecule has 1 aromatic heterocycles. The van der Waals surface area contributed by atoms with Gasteiger partial charge in [-0.2, -0.15) is 11.3 Å². The zero-order valence-electron chi connectivity index (χ0n) is 9.81. The molecule has 1 amide bonds. The third-order valence-corrected chi connectivity index (χ3v) is 3.00. The van der Waals surface area contributed by atoms with Gasteiger partial charge in [0.05, 0.1) is 11.3 Å². The van der Waals surface area contributed by atoms with Crippen molar-refractivity contribution in [2.75, 3.05) is 11.9 Å². The molecule has 0 radical (unpaired) electrons. The van der Waals surface area contributed by atoms with Gasteiger partial charge in [0.2, 0.25) is 0 Å². The molecule has 0 aliphatic heterocycles. The first-order valence-corrected chi connectivity index (χ1v) is 6.38. The Morgan fingerprint density at radius 3 is 2.89 bits per heavy atom. The molecule has 0 atom stereocenters. The maximum Gasteiger partial charge on any atom is 0.256 e. The van der Waals surface area contributed by atoms with Crippen LogP contribution in [-0.2, 0) is 0 Å². The van der Waals surface area contributed by atoms with E-state index >= 15 is 0 Å². The summed E-state index contributed by atoms with van der Waals surface area (Å²) >= 11 is 1.40. The summed E-state index contributed by atoms with van der Waals surface area (Å²) in [6.45, 7) is -0.280. The Labute approximate surface area is 113 Å². The van der Waals surface area contributed by atoms with Crippen molar-refractivity contribution in [3.63, 3.8) is 0 Å². The number of carbonyl (C=O) groups is 1. The van der Waals surface area contributed by atoms with Crippen LogP contribution in [0, 0.1) is 17.7 Å². The molecule has 2 aromatic rings. The average Bonchev–Trinajstić information content (AvgIpc) is 2.93. The van der Waals surface area contributed by atoms with Crippen LogP contribution in [0.3, 0.4) is 0 Å². The van der Waals surface area contributed by atoms with Gasteiger partial charge in [0.1, 0.15) is 12.4 Å². The first kappa shape index (κ1) is 13.3. The SMILES string of the molecule is O=C(Nc1ccc(C#CCO)cc1F)c1ccsc1. The van der Waals surface area contributed by atoms with Gasteiger partial charge < -0.3 is 10.4 Å². The van der Waals surface area contributed by atoms with Crippen LogP contribution in [0.15, 0.2) is 35.0 Å². The van der Waals surface area contributed by atoms with Crippen LogP contribution in [0.5, 0.6) is 0 Å². The molecular weight excluding hydrogens is 265 g/mol. The predicted molar refractivity (Wildman–Crippen MR) is 72.6 cm³/mol. The molecule has 0 unspecified atom stereocenters. The molecule has 19 heavy (non-hydrogen) atoms. The summed E-state index contributed by atoms with van der Waals surface area (Å²) in [5, 5.41) is 14.5. The minimum atomic E-state index is -0.562. The third-order valence-electron chi connectivity index (χ3n) is 2.31. The highest BCUT2D eigenvalue weighted by atomic mass is 32.1. The minimum absolute atomic E-state index is 0.103. The first-order valence-electron chi connectivity index (χ1n) is 5.43. The van der Waals surface area contributed by atoms with Crippen molar-refractivity contribution < 1.29 is 14.3 Å². The summed E-state index contributed by atoms with van der Waals surface area (Å²) in [5.41, 5.74) is 1.04. The number of rotatable bonds is 2. The Morgan fingerprint density at radius 1 is 1.42 bits per heavy atom. The van der Waals surface area contributed by atoms with E-state index in [1.54, 1.807) is 22.9 Å². The molecule has 5 heteroatoms. The van der Waals surface area contributed by atoms with Crippen LogP contribution in [-0.4, -0.2) is 17.6 Å². The van der Waals surface area contributed by atoms with Crippen molar-refractivity contribution in [3.8, 4) is 11.8 Å². The molecular formula is C14H10FNO2S. The Kier molecular flexibility index (Phi) is 4.29. The van der Waals surface area contributed by atoms with Gasteiger partial charge in [0, 0.05) is 10.9 Å². The van der Waals surface area contributed by atoms with E-state index < -0.39 is 5.82 Å². The van der Waals surface area contributed by atoms with Crippen molar-refractivity contribution in [3.05, 3.63) is 52.0 Å². The smallest absolute Gasteiger partial charge is 0.256 e. The maximum atomic E-state index is 13.7. The largest absolute Gasteiger partial charge is 0.384 e. The molecule has 0 saturated carbocycles. The molecule has 3 nitrogen and oxygen atoms in total. The highest BCUT2D eigenvalue weighted by Gasteiger charge is 2.09. The molecule has 0 fully saturated rings. The number of benzene rings is 1. The summed E-state index contributed by atoms with van der Waals surface area (Å²) in [7, 11) is 0. The summed E-state index contributed by atoms with van der Waals surface area (Å²) < 4.78 is 13.7. The summed E-state index contributed by atoms with van der Waals surface area (Å²) in [5.74, 6) is 4.11. The van der Waals surface area contributed by atoms with Crippen LogP contribution < -0.4 is 5.32 Å². The predicted octanol–water partition coefficient (Wildman–Crippen LogP) is 2.48. The fourth-order valence-electron chi connectivity index (χ4n) is 1.42. The van der Waals surface area contributed by atoms with Crippen LogP contribution in [0.4, 0.5) is 10.1 Å². The lowest BCUT2D eigenvalue weighted by Gasteiger charge is -2.05. The Hall–Kier alpha value is -2.16. The van der Waals surface area contributed by atoms with Crippen LogP contribution >= 0.6 is 11.3 Å². The number of thiophene rings is 1. The van der Waals surface area contributed by atoms with Crippen molar-refractivity contribution in [2.24, 2.45) is 0 Å². The van der Waals surface area contributed by atoms with E-state index in [9.17, 15) is 9.18 Å². The number of aliphatic hydroxyl groups excluding tert-OH is 1. The molecule has 2 N–H and O–H groups in total. The van der Waals surface area contributed by atoms with E-state index in [0.29, 0.717) is 11.1 Å². The zero-order valence-corrected chi connectivity index (χ0v) is 10.6.